The molecule has 108 valence electrons. The van der Waals surface area contributed by atoms with Gasteiger partial charge >= 0.3 is 0 Å². The van der Waals surface area contributed by atoms with Crippen LogP contribution in [0.2, 0.25) is 0 Å². The molecule has 1 saturated carbocycles. The monoisotopic (exact) mass is 287 g/mol. The maximum absolute atomic E-state index is 12.3. The summed E-state index contributed by atoms with van der Waals surface area (Å²) in [5.74, 6) is -0.807. The molecule has 1 heterocycles. The van der Waals surface area contributed by atoms with Crippen molar-refractivity contribution < 1.29 is 14.8 Å². The molecule has 1 aromatic heterocycles. The molecule has 7 heteroatoms. The lowest BCUT2D eigenvalue weighted by Gasteiger charge is -2.10. The van der Waals surface area contributed by atoms with Crippen molar-refractivity contribution in [3.63, 3.8) is 0 Å². The van der Waals surface area contributed by atoms with Crippen molar-refractivity contribution in [2.75, 3.05) is 5.32 Å². The highest BCUT2D eigenvalue weighted by molar-refractivity contribution is 6.05. The van der Waals surface area contributed by atoms with E-state index in [0.717, 1.165) is 12.8 Å². The summed E-state index contributed by atoms with van der Waals surface area (Å²) in [6, 6.07) is 7.61. The number of rotatable bonds is 4. The van der Waals surface area contributed by atoms with E-state index >= 15 is 0 Å². The highest BCUT2D eigenvalue weighted by atomic mass is 16.6. The fourth-order valence-corrected chi connectivity index (χ4v) is 2.24. The number of phenols is 1. The number of nitro groups is 1. The zero-order valence-corrected chi connectivity index (χ0v) is 11.0. The summed E-state index contributed by atoms with van der Waals surface area (Å²) in [5, 5.41) is 23.2. The summed E-state index contributed by atoms with van der Waals surface area (Å²) < 4.78 is 1.85. The Morgan fingerprint density at radius 2 is 2.10 bits per heavy atom. The fraction of sp³-hybridized carbons (Fsp3) is 0.214. The third-order valence-electron chi connectivity index (χ3n) is 3.41. The first-order valence-electron chi connectivity index (χ1n) is 6.52. The van der Waals surface area contributed by atoms with Crippen LogP contribution in [0.3, 0.4) is 0 Å². The third kappa shape index (κ3) is 2.45. The van der Waals surface area contributed by atoms with E-state index in [0.29, 0.717) is 11.7 Å². The first kappa shape index (κ1) is 13.2. The minimum Gasteiger partial charge on any atom is -0.505 e. The number of carbonyl (C=O) groups excluding carboxylic acids is 1. The van der Waals surface area contributed by atoms with Crippen LogP contribution in [0.25, 0.3) is 0 Å². The van der Waals surface area contributed by atoms with Gasteiger partial charge in [-0.05, 0) is 31.0 Å². The Morgan fingerprint density at radius 1 is 1.33 bits per heavy atom. The van der Waals surface area contributed by atoms with Crippen LogP contribution < -0.4 is 5.32 Å². The maximum Gasteiger partial charge on any atom is 0.296 e. The lowest BCUT2D eigenvalue weighted by molar-refractivity contribution is -0.384. The molecule has 3 rings (SSSR count). The van der Waals surface area contributed by atoms with Crippen LogP contribution >= 0.6 is 0 Å². The Bertz CT molecular complexity index is 719. The van der Waals surface area contributed by atoms with Gasteiger partial charge in [0.2, 0.25) is 0 Å². The Morgan fingerprint density at radius 3 is 2.76 bits per heavy atom. The molecule has 1 amide bonds. The summed E-state index contributed by atoms with van der Waals surface area (Å²) >= 11 is 0. The van der Waals surface area contributed by atoms with E-state index in [9.17, 15) is 20.0 Å². The zero-order valence-electron chi connectivity index (χ0n) is 11.0. The van der Waals surface area contributed by atoms with Gasteiger partial charge < -0.3 is 15.0 Å². The van der Waals surface area contributed by atoms with E-state index in [1.165, 1.54) is 18.2 Å². The van der Waals surface area contributed by atoms with E-state index in [4.69, 9.17) is 0 Å². The van der Waals surface area contributed by atoms with Gasteiger partial charge in [0.05, 0.1) is 4.92 Å². The average molecular weight is 287 g/mol. The Kier molecular flexibility index (Phi) is 3.09. The van der Waals surface area contributed by atoms with Gasteiger partial charge in [-0.25, -0.2) is 0 Å². The lowest BCUT2D eigenvalue weighted by Crippen LogP contribution is -2.17. The number of hydrogen-bond acceptors (Lipinski definition) is 4. The Balaban J connectivity index is 1.91. The van der Waals surface area contributed by atoms with Gasteiger partial charge in [-0.3, -0.25) is 14.9 Å². The summed E-state index contributed by atoms with van der Waals surface area (Å²) in [7, 11) is 0. The van der Waals surface area contributed by atoms with Crippen LogP contribution in [-0.2, 0) is 0 Å². The van der Waals surface area contributed by atoms with Crippen LogP contribution in [-0.4, -0.2) is 20.5 Å². The number of aromatic hydroxyl groups is 1. The van der Waals surface area contributed by atoms with Crippen molar-refractivity contribution in [2.45, 2.75) is 18.9 Å². The van der Waals surface area contributed by atoms with Crippen molar-refractivity contribution in [1.29, 1.82) is 0 Å². The van der Waals surface area contributed by atoms with E-state index in [2.05, 4.69) is 5.32 Å². The molecule has 1 aliphatic rings. The van der Waals surface area contributed by atoms with Crippen LogP contribution in [0, 0.1) is 10.1 Å². The molecule has 1 aliphatic carbocycles. The number of nitrogens with one attached hydrogen (secondary N) is 1. The van der Waals surface area contributed by atoms with Crippen LogP contribution in [0.5, 0.6) is 5.75 Å². The average Bonchev–Trinajstić information content (AvgIpc) is 3.17. The summed E-state index contributed by atoms with van der Waals surface area (Å²) in [5.41, 5.74) is -0.0982. The molecule has 7 nitrogen and oxygen atoms in total. The molecule has 1 fully saturated rings. The molecule has 0 radical (unpaired) electrons. The van der Waals surface area contributed by atoms with Gasteiger partial charge in [0.1, 0.15) is 11.4 Å². The normalized spacial score (nSPS) is 13.9. The summed E-state index contributed by atoms with van der Waals surface area (Å²) in [6.45, 7) is 0. The second kappa shape index (κ2) is 4.93. The van der Waals surface area contributed by atoms with E-state index < -0.39 is 10.8 Å². The number of aromatic nitrogens is 1. The van der Waals surface area contributed by atoms with Gasteiger partial charge in [0.25, 0.3) is 11.6 Å². The number of para-hydroxylation sites is 1. The molecule has 2 N–H and O–H groups in total. The first-order chi connectivity index (χ1) is 10.1. The summed E-state index contributed by atoms with van der Waals surface area (Å²) in [4.78, 5) is 22.6. The van der Waals surface area contributed by atoms with E-state index in [-0.39, 0.29) is 17.1 Å². The van der Waals surface area contributed by atoms with Gasteiger partial charge in [0, 0.05) is 18.3 Å². The number of carbonyl (C=O) groups is 1. The molecule has 1 aromatic carbocycles. The second-order valence-corrected chi connectivity index (χ2v) is 4.91. The SMILES string of the molecule is O=C(Nc1c(O)cccc1[N+](=O)[O-])c1cccn1C1CC1. The maximum atomic E-state index is 12.3. The Hall–Kier alpha value is -2.83. The number of hydrogen-bond donors (Lipinski definition) is 2. The third-order valence-corrected chi connectivity index (χ3v) is 3.41. The molecular weight excluding hydrogens is 274 g/mol. The molecule has 0 unspecified atom stereocenters. The van der Waals surface area contributed by atoms with Crippen molar-refractivity contribution in [1.82, 2.24) is 4.57 Å². The van der Waals surface area contributed by atoms with E-state index in [1.54, 1.807) is 12.1 Å². The van der Waals surface area contributed by atoms with Gasteiger partial charge in [-0.1, -0.05) is 6.07 Å². The van der Waals surface area contributed by atoms with Crippen LogP contribution in [0.15, 0.2) is 36.5 Å². The molecule has 21 heavy (non-hydrogen) atoms. The van der Waals surface area contributed by atoms with Gasteiger partial charge in [0.15, 0.2) is 5.69 Å². The van der Waals surface area contributed by atoms with Crippen LogP contribution in [0.4, 0.5) is 11.4 Å². The number of phenolic OH excluding ortho intramolecular Hbond substituents is 1. The lowest BCUT2D eigenvalue weighted by atomic mass is 10.2. The second-order valence-electron chi connectivity index (χ2n) is 4.91. The van der Waals surface area contributed by atoms with Crippen molar-refractivity contribution >= 4 is 17.3 Å². The number of nitrogens with zero attached hydrogens (tertiary/aromatic N) is 2. The minimum absolute atomic E-state index is 0.184. The zero-order chi connectivity index (χ0) is 15.0. The standard InChI is InChI=1S/C14H13N3O4/c18-12-5-1-3-10(17(20)21)13(12)15-14(19)11-4-2-8-16(11)9-6-7-9/h1-5,8-9,18H,6-7H2,(H,15,19). The van der Waals surface area contributed by atoms with Crippen LogP contribution in [0.1, 0.15) is 29.4 Å². The molecule has 0 atom stereocenters. The fourth-order valence-electron chi connectivity index (χ4n) is 2.24. The number of nitro benzene ring substituents is 1. The van der Waals surface area contributed by atoms with Crippen molar-refractivity contribution in [3.05, 3.63) is 52.3 Å². The molecule has 2 aromatic rings. The highest BCUT2D eigenvalue weighted by Crippen LogP contribution is 2.37. The summed E-state index contributed by atoms with van der Waals surface area (Å²) in [6.07, 6.45) is 3.85. The van der Waals surface area contributed by atoms with Gasteiger partial charge in [-0.15, -0.1) is 0 Å². The molecule has 0 bridgehead atoms. The largest absolute Gasteiger partial charge is 0.505 e. The van der Waals surface area contributed by atoms with Crippen molar-refractivity contribution in [2.24, 2.45) is 0 Å². The molecule has 0 saturated heterocycles. The number of amides is 1. The van der Waals surface area contributed by atoms with Crippen molar-refractivity contribution in [3.8, 4) is 5.75 Å². The molecule has 0 spiro atoms. The number of anilines is 1. The molecular formula is C14H13N3O4. The Labute approximate surface area is 120 Å². The van der Waals surface area contributed by atoms with Gasteiger partial charge in [-0.2, -0.15) is 0 Å². The predicted octanol–water partition coefficient (Wildman–Crippen LogP) is 2.69. The first-order valence-corrected chi connectivity index (χ1v) is 6.52. The quantitative estimate of drug-likeness (QED) is 0.513. The topological polar surface area (TPSA) is 97.4 Å². The number of benzene rings is 1. The molecule has 0 aliphatic heterocycles. The highest BCUT2D eigenvalue weighted by Gasteiger charge is 2.28. The minimum atomic E-state index is -0.644. The van der Waals surface area contributed by atoms with E-state index in [1.807, 2.05) is 10.8 Å². The smallest absolute Gasteiger partial charge is 0.296 e. The predicted molar refractivity (Wildman–Crippen MR) is 75.4 cm³/mol.